The van der Waals surface area contributed by atoms with Crippen LogP contribution in [0.4, 0.5) is 0 Å². The summed E-state index contributed by atoms with van der Waals surface area (Å²) in [4.78, 5) is 0. The van der Waals surface area contributed by atoms with Crippen LogP contribution in [-0.2, 0) is 0 Å². The standard InChI is InChI=1S/C49H84/c1-26(2)39-31-19-15-14-18-30(31)24-34-41-36(48(12,13)46(34)39)22-23-37-42(41)35-25-38(47(9,10)11)32-20-16-17-21-33(32)45(35)49(37)43(28(5)6)40(27(3)4)44(49)29(7)8/h26-46H,14-25H2,1-13H3. The van der Waals surface area contributed by atoms with Gasteiger partial charge in [-0.05, 0) is 185 Å². The van der Waals surface area contributed by atoms with Gasteiger partial charge in [0, 0.05) is 0 Å². The lowest BCUT2D eigenvalue weighted by molar-refractivity contribution is -0.256. The Balaban J connectivity index is 1.32. The van der Waals surface area contributed by atoms with Crippen LogP contribution in [0, 0.1) is 141 Å². The van der Waals surface area contributed by atoms with Crippen molar-refractivity contribution in [1.82, 2.24) is 0 Å². The number of fused-ring (bicyclic) bond motifs is 12. The Morgan fingerprint density at radius 3 is 1.57 bits per heavy atom. The van der Waals surface area contributed by atoms with Crippen molar-refractivity contribution in [2.24, 2.45) is 141 Å². The molecule has 8 rings (SSSR count). The smallest absolute Gasteiger partial charge is 0.0165 e. The summed E-state index contributed by atoms with van der Waals surface area (Å²) < 4.78 is 0. The summed E-state index contributed by atoms with van der Waals surface area (Å²) in [5.74, 6) is 20.3. The van der Waals surface area contributed by atoms with E-state index in [0.29, 0.717) is 16.2 Å². The van der Waals surface area contributed by atoms with E-state index in [1.807, 2.05) is 0 Å². The molecule has 0 amide bonds. The lowest BCUT2D eigenvalue weighted by Gasteiger charge is -2.72. The number of hydrogen-bond acceptors (Lipinski definition) is 0. The highest BCUT2D eigenvalue weighted by Gasteiger charge is 2.80. The third-order valence-corrected chi connectivity index (χ3v) is 20.0. The number of rotatable bonds is 4. The predicted octanol–water partition coefficient (Wildman–Crippen LogP) is 13.9. The SMILES string of the molecule is CC(C)C1C2CCCCC2CC2C3C4C5CC(C(C)(C)C)C6CCCCC6C5C5(C4CCC3C(C)(C)C21)C(C(C)C)C(C(C)C)C5C(C)C. The van der Waals surface area contributed by atoms with Crippen LogP contribution in [0.5, 0.6) is 0 Å². The minimum Gasteiger partial charge on any atom is -0.0625 e. The average Bonchev–Trinajstić information content (AvgIpc) is 3.44. The highest BCUT2D eigenvalue weighted by atomic mass is 14.8. The maximum absolute atomic E-state index is 2.86. The van der Waals surface area contributed by atoms with E-state index in [9.17, 15) is 0 Å². The Bertz CT molecular complexity index is 1180. The average molecular weight is 673 g/mol. The lowest BCUT2D eigenvalue weighted by Crippen LogP contribution is -2.68. The third-order valence-electron chi connectivity index (χ3n) is 20.0. The molecular weight excluding hydrogens is 589 g/mol. The van der Waals surface area contributed by atoms with E-state index in [0.717, 1.165) is 124 Å². The zero-order chi connectivity index (χ0) is 35.1. The summed E-state index contributed by atoms with van der Waals surface area (Å²) in [5, 5.41) is 0. The minimum atomic E-state index is 0.444. The summed E-state index contributed by atoms with van der Waals surface area (Å²) in [5.41, 5.74) is 1.58. The molecule has 8 fully saturated rings. The summed E-state index contributed by atoms with van der Waals surface area (Å²) in [6.45, 7) is 35.2. The second-order valence-electron chi connectivity index (χ2n) is 24.1. The van der Waals surface area contributed by atoms with Crippen molar-refractivity contribution in [2.75, 3.05) is 0 Å². The first kappa shape index (κ1) is 36.0. The molecule has 1 spiro atoms. The monoisotopic (exact) mass is 673 g/mol. The normalized spacial score (nSPS) is 53.2. The number of hydrogen-bond donors (Lipinski definition) is 0. The van der Waals surface area contributed by atoms with Crippen LogP contribution in [0.2, 0.25) is 0 Å². The Morgan fingerprint density at radius 1 is 0.490 bits per heavy atom. The van der Waals surface area contributed by atoms with Crippen LogP contribution in [0.15, 0.2) is 0 Å². The van der Waals surface area contributed by atoms with Gasteiger partial charge in [-0.3, -0.25) is 0 Å². The molecular formula is C49H84. The Hall–Kier alpha value is 0. The van der Waals surface area contributed by atoms with Gasteiger partial charge in [0.05, 0.1) is 0 Å². The van der Waals surface area contributed by atoms with Crippen LogP contribution >= 0.6 is 0 Å². The highest BCUT2D eigenvalue weighted by molar-refractivity contribution is 5.27. The van der Waals surface area contributed by atoms with E-state index in [2.05, 4.69) is 90.0 Å². The van der Waals surface area contributed by atoms with Crippen molar-refractivity contribution in [2.45, 2.75) is 167 Å². The lowest BCUT2D eigenvalue weighted by atomic mass is 9.32. The van der Waals surface area contributed by atoms with E-state index >= 15 is 0 Å². The Kier molecular flexibility index (Phi) is 9.01. The molecule has 0 aromatic rings. The second-order valence-corrected chi connectivity index (χ2v) is 24.1. The van der Waals surface area contributed by atoms with Crippen LogP contribution in [0.25, 0.3) is 0 Å². The molecule has 0 N–H and O–H groups in total. The molecule has 0 aliphatic heterocycles. The van der Waals surface area contributed by atoms with Crippen molar-refractivity contribution in [3.63, 3.8) is 0 Å². The summed E-state index contributed by atoms with van der Waals surface area (Å²) in [6.07, 6.45) is 18.7. The fraction of sp³-hybridized carbons (Fsp3) is 1.00. The minimum absolute atomic E-state index is 0.444. The summed E-state index contributed by atoms with van der Waals surface area (Å²) in [7, 11) is 0. The van der Waals surface area contributed by atoms with Gasteiger partial charge in [-0.25, -0.2) is 0 Å². The maximum atomic E-state index is 2.86. The molecule has 0 heteroatoms. The fourth-order valence-corrected chi connectivity index (χ4v) is 19.8. The zero-order valence-corrected chi connectivity index (χ0v) is 35.1. The fourth-order valence-electron chi connectivity index (χ4n) is 19.8. The van der Waals surface area contributed by atoms with Gasteiger partial charge in [0.15, 0.2) is 0 Å². The van der Waals surface area contributed by atoms with Crippen molar-refractivity contribution in [3.05, 3.63) is 0 Å². The molecule has 16 atom stereocenters. The first-order valence-electron chi connectivity index (χ1n) is 23.1. The Labute approximate surface area is 306 Å². The van der Waals surface area contributed by atoms with E-state index in [-0.39, 0.29) is 0 Å². The topological polar surface area (TPSA) is 0 Å². The van der Waals surface area contributed by atoms with E-state index < -0.39 is 0 Å². The van der Waals surface area contributed by atoms with Crippen LogP contribution in [-0.4, -0.2) is 0 Å². The van der Waals surface area contributed by atoms with Crippen molar-refractivity contribution < 1.29 is 0 Å². The van der Waals surface area contributed by atoms with E-state index in [1.165, 1.54) is 25.7 Å². The molecule has 8 aliphatic rings. The van der Waals surface area contributed by atoms with Crippen molar-refractivity contribution >= 4 is 0 Å². The van der Waals surface area contributed by atoms with Crippen molar-refractivity contribution in [1.29, 1.82) is 0 Å². The van der Waals surface area contributed by atoms with Gasteiger partial charge in [-0.1, -0.05) is 122 Å². The summed E-state index contributed by atoms with van der Waals surface area (Å²) >= 11 is 0. The second kappa shape index (κ2) is 12.3. The zero-order valence-electron chi connectivity index (χ0n) is 35.1. The first-order chi connectivity index (χ1) is 23.1. The molecule has 0 nitrogen and oxygen atoms in total. The molecule has 8 aliphatic carbocycles. The van der Waals surface area contributed by atoms with Crippen molar-refractivity contribution in [3.8, 4) is 0 Å². The van der Waals surface area contributed by atoms with Gasteiger partial charge in [0.25, 0.3) is 0 Å². The van der Waals surface area contributed by atoms with Crippen LogP contribution in [0.1, 0.15) is 167 Å². The van der Waals surface area contributed by atoms with E-state index in [1.54, 1.807) is 51.4 Å². The van der Waals surface area contributed by atoms with Gasteiger partial charge in [0.2, 0.25) is 0 Å². The Morgan fingerprint density at radius 2 is 1.00 bits per heavy atom. The first-order valence-corrected chi connectivity index (χ1v) is 23.1. The van der Waals surface area contributed by atoms with Crippen LogP contribution < -0.4 is 0 Å². The molecule has 8 saturated carbocycles. The molecule has 0 bridgehead atoms. The maximum Gasteiger partial charge on any atom is -0.0165 e. The molecule has 0 aromatic carbocycles. The third kappa shape index (κ3) is 4.83. The van der Waals surface area contributed by atoms with E-state index in [4.69, 9.17) is 0 Å². The molecule has 49 heavy (non-hydrogen) atoms. The highest BCUT2D eigenvalue weighted by Crippen LogP contribution is 2.84. The predicted molar refractivity (Wildman–Crippen MR) is 210 cm³/mol. The van der Waals surface area contributed by atoms with Gasteiger partial charge in [-0.2, -0.15) is 0 Å². The molecule has 0 aromatic heterocycles. The molecule has 0 heterocycles. The summed E-state index contributed by atoms with van der Waals surface area (Å²) in [6, 6.07) is 0. The largest absolute Gasteiger partial charge is 0.0625 e. The van der Waals surface area contributed by atoms with Crippen LogP contribution in [0.3, 0.4) is 0 Å². The van der Waals surface area contributed by atoms with Gasteiger partial charge < -0.3 is 0 Å². The quantitative estimate of drug-likeness (QED) is 0.279. The molecule has 0 radical (unpaired) electrons. The van der Waals surface area contributed by atoms with Gasteiger partial charge in [0.1, 0.15) is 0 Å². The molecule has 16 unspecified atom stereocenters. The molecule has 0 saturated heterocycles. The van der Waals surface area contributed by atoms with Gasteiger partial charge in [-0.15, -0.1) is 0 Å². The molecule has 280 valence electrons. The van der Waals surface area contributed by atoms with Gasteiger partial charge >= 0.3 is 0 Å².